The third-order valence-electron chi connectivity index (χ3n) is 3.27. The minimum atomic E-state index is -0.600. The average Bonchev–Trinajstić information content (AvgIpc) is 2.18. The van der Waals surface area contributed by atoms with E-state index in [2.05, 4.69) is 13.8 Å². The van der Waals surface area contributed by atoms with Crippen LogP contribution in [0.1, 0.15) is 53.4 Å². The smallest absolute Gasteiger partial charge is 0.0664 e. The first-order valence-corrected chi connectivity index (χ1v) is 5.95. The normalized spacial score (nSPS) is 19.6. The molecule has 0 spiro atoms. The van der Waals surface area contributed by atoms with Crippen LogP contribution in [0.25, 0.3) is 0 Å². The SMILES string of the molecule is CCC(C)(O)CCOC(C)(CC)CCN. The molecule has 3 N–H and O–H groups in total. The zero-order valence-electron chi connectivity index (χ0n) is 10.7. The molecule has 0 aliphatic carbocycles. The molecule has 0 bridgehead atoms. The first-order chi connectivity index (χ1) is 6.89. The minimum Gasteiger partial charge on any atom is -0.390 e. The zero-order valence-corrected chi connectivity index (χ0v) is 10.7. The Morgan fingerprint density at radius 3 is 2.13 bits per heavy atom. The van der Waals surface area contributed by atoms with Crippen LogP contribution in [-0.4, -0.2) is 29.5 Å². The Bertz CT molecular complexity index is 171. The van der Waals surface area contributed by atoms with E-state index in [9.17, 15) is 5.11 Å². The number of hydrogen-bond acceptors (Lipinski definition) is 3. The van der Waals surface area contributed by atoms with Gasteiger partial charge in [0.1, 0.15) is 0 Å². The number of aliphatic hydroxyl groups is 1. The number of hydrogen-bond donors (Lipinski definition) is 2. The van der Waals surface area contributed by atoms with Crippen LogP contribution in [0, 0.1) is 0 Å². The van der Waals surface area contributed by atoms with Gasteiger partial charge >= 0.3 is 0 Å². The first kappa shape index (κ1) is 14.9. The van der Waals surface area contributed by atoms with Gasteiger partial charge in [-0.25, -0.2) is 0 Å². The van der Waals surface area contributed by atoms with E-state index in [1.165, 1.54) is 0 Å². The van der Waals surface area contributed by atoms with E-state index >= 15 is 0 Å². The van der Waals surface area contributed by atoms with Gasteiger partial charge in [0, 0.05) is 0 Å². The van der Waals surface area contributed by atoms with Crippen LogP contribution in [0.3, 0.4) is 0 Å². The maximum Gasteiger partial charge on any atom is 0.0664 e. The fraction of sp³-hybridized carbons (Fsp3) is 1.00. The maximum absolute atomic E-state index is 9.82. The lowest BCUT2D eigenvalue weighted by molar-refractivity contribution is -0.0657. The van der Waals surface area contributed by atoms with E-state index in [0.717, 1.165) is 19.3 Å². The molecule has 2 unspecified atom stereocenters. The summed E-state index contributed by atoms with van der Waals surface area (Å²) in [5.74, 6) is 0. The number of ether oxygens (including phenoxy) is 1. The van der Waals surface area contributed by atoms with Crippen molar-refractivity contribution in [3.05, 3.63) is 0 Å². The molecule has 0 aliphatic rings. The number of nitrogens with two attached hydrogens (primary N) is 1. The van der Waals surface area contributed by atoms with Crippen molar-refractivity contribution in [1.82, 2.24) is 0 Å². The highest BCUT2D eigenvalue weighted by Gasteiger charge is 2.24. The molecule has 15 heavy (non-hydrogen) atoms. The van der Waals surface area contributed by atoms with E-state index in [1.807, 2.05) is 13.8 Å². The predicted molar refractivity (Wildman–Crippen MR) is 63.9 cm³/mol. The molecular formula is C12H27NO2. The van der Waals surface area contributed by atoms with Crippen LogP contribution in [0.2, 0.25) is 0 Å². The van der Waals surface area contributed by atoms with Crippen molar-refractivity contribution >= 4 is 0 Å². The third-order valence-corrected chi connectivity index (χ3v) is 3.27. The Morgan fingerprint density at radius 2 is 1.73 bits per heavy atom. The van der Waals surface area contributed by atoms with E-state index in [1.54, 1.807) is 0 Å². The molecule has 0 aliphatic heterocycles. The number of rotatable bonds is 8. The summed E-state index contributed by atoms with van der Waals surface area (Å²) in [4.78, 5) is 0. The Hall–Kier alpha value is -0.120. The zero-order chi connectivity index (χ0) is 11.9. The van der Waals surface area contributed by atoms with Gasteiger partial charge in [0.15, 0.2) is 0 Å². The summed E-state index contributed by atoms with van der Waals surface area (Å²) in [5.41, 5.74) is 4.82. The maximum atomic E-state index is 9.82. The van der Waals surface area contributed by atoms with Crippen molar-refractivity contribution in [3.63, 3.8) is 0 Å². The van der Waals surface area contributed by atoms with E-state index in [-0.39, 0.29) is 5.60 Å². The van der Waals surface area contributed by atoms with E-state index < -0.39 is 5.60 Å². The van der Waals surface area contributed by atoms with Gasteiger partial charge in [0.05, 0.1) is 17.8 Å². The molecule has 3 heteroatoms. The van der Waals surface area contributed by atoms with E-state index in [0.29, 0.717) is 19.6 Å². The van der Waals surface area contributed by atoms with Gasteiger partial charge in [-0.2, -0.15) is 0 Å². The molecule has 3 nitrogen and oxygen atoms in total. The standard InChI is InChI=1S/C12H27NO2/c1-5-11(3,14)8-10-15-12(4,6-2)7-9-13/h14H,5-10,13H2,1-4H3. The van der Waals surface area contributed by atoms with Crippen LogP contribution < -0.4 is 5.73 Å². The fourth-order valence-electron chi connectivity index (χ4n) is 1.35. The van der Waals surface area contributed by atoms with Crippen molar-refractivity contribution in [2.24, 2.45) is 5.73 Å². The Balaban J connectivity index is 3.91. The lowest BCUT2D eigenvalue weighted by Gasteiger charge is -2.30. The largest absolute Gasteiger partial charge is 0.390 e. The minimum absolute atomic E-state index is 0.126. The Morgan fingerprint density at radius 1 is 1.13 bits per heavy atom. The molecule has 2 atom stereocenters. The highest BCUT2D eigenvalue weighted by molar-refractivity contribution is 4.75. The van der Waals surface area contributed by atoms with Gasteiger partial charge in [0.25, 0.3) is 0 Å². The first-order valence-electron chi connectivity index (χ1n) is 5.95. The topological polar surface area (TPSA) is 55.5 Å². The average molecular weight is 217 g/mol. The Kier molecular flexibility index (Phi) is 6.41. The van der Waals surface area contributed by atoms with Gasteiger partial charge in [0.2, 0.25) is 0 Å². The summed E-state index contributed by atoms with van der Waals surface area (Å²) in [6.07, 6.45) is 3.27. The van der Waals surface area contributed by atoms with Gasteiger partial charge in [-0.1, -0.05) is 13.8 Å². The lowest BCUT2D eigenvalue weighted by Crippen LogP contribution is -2.33. The monoisotopic (exact) mass is 217 g/mol. The molecule has 0 aromatic heterocycles. The van der Waals surface area contributed by atoms with Gasteiger partial charge in [-0.3, -0.25) is 0 Å². The van der Waals surface area contributed by atoms with E-state index in [4.69, 9.17) is 10.5 Å². The summed E-state index contributed by atoms with van der Waals surface area (Å²) in [7, 11) is 0. The lowest BCUT2D eigenvalue weighted by atomic mass is 9.97. The highest BCUT2D eigenvalue weighted by atomic mass is 16.5. The van der Waals surface area contributed by atoms with Gasteiger partial charge in [-0.05, 0) is 46.1 Å². The molecule has 0 rings (SSSR count). The second-order valence-corrected chi connectivity index (χ2v) is 4.79. The van der Waals surface area contributed by atoms with Crippen molar-refractivity contribution in [1.29, 1.82) is 0 Å². The van der Waals surface area contributed by atoms with Crippen LogP contribution in [-0.2, 0) is 4.74 Å². The van der Waals surface area contributed by atoms with Crippen molar-refractivity contribution < 1.29 is 9.84 Å². The molecule has 92 valence electrons. The van der Waals surface area contributed by atoms with Crippen LogP contribution in [0.4, 0.5) is 0 Å². The molecule has 0 aromatic rings. The summed E-state index contributed by atoms with van der Waals surface area (Å²) < 4.78 is 5.82. The van der Waals surface area contributed by atoms with Crippen molar-refractivity contribution in [2.75, 3.05) is 13.2 Å². The summed E-state index contributed by atoms with van der Waals surface area (Å²) in [6.45, 7) is 9.27. The molecule has 0 aromatic carbocycles. The fourth-order valence-corrected chi connectivity index (χ4v) is 1.35. The van der Waals surface area contributed by atoms with Gasteiger partial charge in [-0.15, -0.1) is 0 Å². The van der Waals surface area contributed by atoms with Crippen LogP contribution >= 0.6 is 0 Å². The third kappa shape index (κ3) is 6.13. The summed E-state index contributed by atoms with van der Waals surface area (Å²) in [5, 5.41) is 9.82. The summed E-state index contributed by atoms with van der Waals surface area (Å²) in [6, 6.07) is 0. The van der Waals surface area contributed by atoms with Crippen LogP contribution in [0.5, 0.6) is 0 Å². The molecule has 0 heterocycles. The Labute approximate surface area is 94.0 Å². The van der Waals surface area contributed by atoms with Crippen molar-refractivity contribution in [3.8, 4) is 0 Å². The quantitative estimate of drug-likeness (QED) is 0.654. The molecule has 0 fully saturated rings. The van der Waals surface area contributed by atoms with Crippen molar-refractivity contribution in [2.45, 2.75) is 64.6 Å². The molecule has 0 saturated heterocycles. The second kappa shape index (κ2) is 6.46. The van der Waals surface area contributed by atoms with Gasteiger partial charge < -0.3 is 15.6 Å². The highest BCUT2D eigenvalue weighted by Crippen LogP contribution is 2.21. The second-order valence-electron chi connectivity index (χ2n) is 4.79. The molecular weight excluding hydrogens is 190 g/mol. The van der Waals surface area contributed by atoms with Crippen LogP contribution in [0.15, 0.2) is 0 Å². The molecule has 0 saturated carbocycles. The summed E-state index contributed by atoms with van der Waals surface area (Å²) >= 11 is 0. The molecule has 0 radical (unpaired) electrons. The molecule has 0 amide bonds. The predicted octanol–water partition coefficient (Wildman–Crippen LogP) is 2.07.